The van der Waals surface area contributed by atoms with E-state index in [1.54, 1.807) is 24.3 Å². The second kappa shape index (κ2) is 6.68. The summed E-state index contributed by atoms with van der Waals surface area (Å²) in [4.78, 5) is 22.5. The van der Waals surface area contributed by atoms with Gasteiger partial charge in [0.1, 0.15) is 11.5 Å². The summed E-state index contributed by atoms with van der Waals surface area (Å²) < 4.78 is 51.0. The van der Waals surface area contributed by atoms with E-state index >= 15 is 0 Å². The van der Waals surface area contributed by atoms with Crippen LogP contribution >= 0.6 is 0 Å². The summed E-state index contributed by atoms with van der Waals surface area (Å²) >= 11 is 0. The summed E-state index contributed by atoms with van der Waals surface area (Å²) in [6, 6.07) is 8.39. The van der Waals surface area contributed by atoms with Crippen LogP contribution in [0, 0.1) is 0 Å². The number of halogens is 2. The summed E-state index contributed by atoms with van der Waals surface area (Å²) in [5.74, 6) is -3.25. The van der Waals surface area contributed by atoms with E-state index in [1.165, 1.54) is 12.3 Å². The fourth-order valence-corrected chi connectivity index (χ4v) is 5.73. The number of benzene rings is 1. The number of nitrogens with zero attached hydrogens (tertiary/aromatic N) is 3. The Morgan fingerprint density at radius 2 is 1.90 bits per heavy atom. The third-order valence-corrected chi connectivity index (χ3v) is 7.20. The number of aromatic nitrogens is 2. The number of hydrogen-bond donors (Lipinski definition) is 1. The molecule has 0 unspecified atom stereocenters. The van der Waals surface area contributed by atoms with Crippen molar-refractivity contribution < 1.29 is 22.0 Å². The lowest BCUT2D eigenvalue weighted by Crippen LogP contribution is -2.31. The largest absolute Gasteiger partial charge is 0.383 e. The normalized spacial score (nSPS) is 19.0. The maximum atomic E-state index is 13.5. The molecule has 1 saturated heterocycles. The number of sulfone groups is 1. The third kappa shape index (κ3) is 3.50. The maximum Gasteiger partial charge on any atom is 0.272 e. The standard InChI is InChI=1S/C21H18F2N4O3S/c22-21(23)5-6-27(11-21)20(28)17-4-3-15-18(26-17)16(8-25-19(15)24)12-1-2-13-9-31(29,30)10-14(13)7-12/h1-4,7-8H,5-6,9-11H2,(H2,24,25). The number of carbonyl (C=O) groups is 1. The van der Waals surface area contributed by atoms with Crippen LogP contribution in [-0.2, 0) is 21.3 Å². The third-order valence-electron chi connectivity index (χ3n) is 5.70. The van der Waals surface area contributed by atoms with Crippen LogP contribution in [0.2, 0.25) is 0 Å². The Hall–Kier alpha value is -3.14. The first-order valence-corrected chi connectivity index (χ1v) is 11.5. The molecule has 3 aromatic rings. The molecule has 2 aliphatic heterocycles. The topological polar surface area (TPSA) is 106 Å². The number of amides is 1. The Balaban J connectivity index is 1.59. The molecule has 31 heavy (non-hydrogen) atoms. The first-order valence-electron chi connectivity index (χ1n) is 9.67. The monoisotopic (exact) mass is 444 g/mol. The minimum Gasteiger partial charge on any atom is -0.383 e. The van der Waals surface area contributed by atoms with Crippen molar-refractivity contribution in [2.24, 2.45) is 0 Å². The lowest BCUT2D eigenvalue weighted by molar-refractivity contribution is 0.0119. The number of rotatable bonds is 2. The van der Waals surface area contributed by atoms with E-state index in [1.807, 2.05) is 0 Å². The number of hydrogen-bond acceptors (Lipinski definition) is 6. The molecule has 0 atom stereocenters. The van der Waals surface area contributed by atoms with E-state index in [2.05, 4.69) is 9.97 Å². The Morgan fingerprint density at radius 3 is 2.65 bits per heavy atom. The molecule has 2 aromatic heterocycles. The van der Waals surface area contributed by atoms with Crippen molar-refractivity contribution in [2.45, 2.75) is 23.8 Å². The van der Waals surface area contributed by atoms with E-state index < -0.39 is 28.2 Å². The van der Waals surface area contributed by atoms with Crippen molar-refractivity contribution in [3.05, 3.63) is 53.3 Å². The second-order valence-corrected chi connectivity index (χ2v) is 10.1. The highest BCUT2D eigenvalue weighted by Gasteiger charge is 2.40. The molecule has 10 heteroatoms. The summed E-state index contributed by atoms with van der Waals surface area (Å²) in [6.07, 6.45) is 1.15. The predicted molar refractivity (Wildman–Crippen MR) is 111 cm³/mol. The predicted octanol–water partition coefficient (Wildman–Crippen LogP) is 2.79. The summed E-state index contributed by atoms with van der Waals surface area (Å²) in [6.45, 7) is -0.660. The van der Waals surface area contributed by atoms with Crippen molar-refractivity contribution in [1.82, 2.24) is 14.9 Å². The molecule has 1 aromatic carbocycles. The van der Waals surface area contributed by atoms with Gasteiger partial charge in [0.2, 0.25) is 0 Å². The molecule has 160 valence electrons. The quantitative estimate of drug-likeness (QED) is 0.652. The van der Waals surface area contributed by atoms with Crippen LogP contribution < -0.4 is 5.73 Å². The molecule has 2 N–H and O–H groups in total. The molecule has 0 radical (unpaired) electrons. The van der Waals surface area contributed by atoms with Gasteiger partial charge in [0.15, 0.2) is 9.84 Å². The van der Waals surface area contributed by atoms with E-state index in [9.17, 15) is 22.0 Å². The van der Waals surface area contributed by atoms with Gasteiger partial charge >= 0.3 is 0 Å². The fraction of sp³-hybridized carbons (Fsp3) is 0.286. The van der Waals surface area contributed by atoms with Gasteiger partial charge in [-0.15, -0.1) is 0 Å². The second-order valence-electron chi connectivity index (χ2n) is 8.00. The highest BCUT2D eigenvalue weighted by atomic mass is 32.2. The van der Waals surface area contributed by atoms with Crippen LogP contribution in [0.15, 0.2) is 36.5 Å². The van der Waals surface area contributed by atoms with Crippen LogP contribution in [-0.4, -0.2) is 48.2 Å². The van der Waals surface area contributed by atoms with Gasteiger partial charge in [0.05, 0.1) is 23.6 Å². The zero-order chi connectivity index (χ0) is 22.0. The van der Waals surface area contributed by atoms with Crippen LogP contribution in [0.3, 0.4) is 0 Å². The number of pyridine rings is 2. The molecule has 4 heterocycles. The number of fused-ring (bicyclic) bond motifs is 2. The number of carbonyl (C=O) groups excluding carboxylic acids is 1. The SMILES string of the molecule is Nc1ncc(-c2ccc3c(c2)CS(=O)(=O)C3)c2nc(C(=O)N3CCC(F)(F)C3)ccc12. The molecule has 0 saturated carbocycles. The highest BCUT2D eigenvalue weighted by molar-refractivity contribution is 7.90. The molecule has 1 amide bonds. The minimum absolute atomic E-state index is 0.0146. The van der Waals surface area contributed by atoms with Gasteiger partial charge in [-0.05, 0) is 34.9 Å². The van der Waals surface area contributed by atoms with Crippen LogP contribution in [0.1, 0.15) is 28.0 Å². The van der Waals surface area contributed by atoms with E-state index in [0.29, 0.717) is 27.6 Å². The first kappa shape index (κ1) is 19.8. The van der Waals surface area contributed by atoms with E-state index in [4.69, 9.17) is 5.73 Å². The van der Waals surface area contributed by atoms with Crippen molar-refractivity contribution in [1.29, 1.82) is 0 Å². The number of anilines is 1. The zero-order valence-electron chi connectivity index (χ0n) is 16.3. The van der Waals surface area contributed by atoms with Gasteiger partial charge in [-0.1, -0.05) is 12.1 Å². The molecule has 7 nitrogen and oxygen atoms in total. The van der Waals surface area contributed by atoms with Crippen LogP contribution in [0.4, 0.5) is 14.6 Å². The lowest BCUT2D eigenvalue weighted by atomic mass is 9.99. The zero-order valence-corrected chi connectivity index (χ0v) is 17.1. The molecule has 1 fully saturated rings. The Bertz CT molecular complexity index is 1360. The smallest absolute Gasteiger partial charge is 0.272 e. The Kier molecular flexibility index (Phi) is 4.27. The van der Waals surface area contributed by atoms with Crippen LogP contribution in [0.25, 0.3) is 22.0 Å². The van der Waals surface area contributed by atoms with Crippen molar-refractivity contribution in [3.8, 4) is 11.1 Å². The van der Waals surface area contributed by atoms with Crippen molar-refractivity contribution in [3.63, 3.8) is 0 Å². The van der Waals surface area contributed by atoms with Gasteiger partial charge in [-0.2, -0.15) is 0 Å². The summed E-state index contributed by atoms with van der Waals surface area (Å²) in [7, 11) is -3.15. The average molecular weight is 444 g/mol. The summed E-state index contributed by atoms with van der Waals surface area (Å²) in [5.41, 5.74) is 9.19. The Labute approximate surface area is 176 Å². The molecule has 5 rings (SSSR count). The number of likely N-dealkylation sites (tertiary alicyclic amines) is 1. The number of nitrogens with two attached hydrogens (primary N) is 1. The van der Waals surface area contributed by atoms with Crippen molar-refractivity contribution in [2.75, 3.05) is 18.8 Å². The molecular formula is C21H18F2N4O3S. The lowest BCUT2D eigenvalue weighted by Gasteiger charge is -2.16. The highest BCUT2D eigenvalue weighted by Crippen LogP contribution is 2.34. The van der Waals surface area contributed by atoms with E-state index in [-0.39, 0.29) is 36.0 Å². The van der Waals surface area contributed by atoms with Gasteiger partial charge < -0.3 is 10.6 Å². The molecular weight excluding hydrogens is 426 g/mol. The van der Waals surface area contributed by atoms with Gasteiger partial charge in [0.25, 0.3) is 11.8 Å². The molecule has 2 aliphatic rings. The van der Waals surface area contributed by atoms with Gasteiger partial charge in [-0.25, -0.2) is 27.2 Å². The summed E-state index contributed by atoms with van der Waals surface area (Å²) in [5, 5.41) is 0.522. The fourth-order valence-electron chi connectivity index (χ4n) is 4.13. The van der Waals surface area contributed by atoms with Gasteiger partial charge in [-0.3, -0.25) is 4.79 Å². The Morgan fingerprint density at radius 1 is 1.13 bits per heavy atom. The first-order chi connectivity index (χ1) is 14.6. The minimum atomic E-state index is -3.15. The van der Waals surface area contributed by atoms with Crippen LogP contribution in [0.5, 0.6) is 0 Å². The average Bonchev–Trinajstić information content (AvgIpc) is 3.23. The molecule has 0 aliphatic carbocycles. The van der Waals surface area contributed by atoms with Gasteiger partial charge in [0, 0.05) is 30.1 Å². The molecule has 0 bridgehead atoms. The van der Waals surface area contributed by atoms with Crippen molar-refractivity contribution >= 4 is 32.5 Å². The van der Waals surface area contributed by atoms with E-state index in [0.717, 1.165) is 10.5 Å². The maximum absolute atomic E-state index is 13.5. The molecule has 0 spiro atoms. The number of alkyl halides is 2. The number of nitrogen functional groups attached to an aromatic ring is 1.